The summed E-state index contributed by atoms with van der Waals surface area (Å²) in [5.74, 6) is 0.000487. The molecule has 148 valence electrons. The van der Waals surface area contributed by atoms with Gasteiger partial charge in [0, 0.05) is 37.3 Å². The molecule has 4 heteroatoms. The van der Waals surface area contributed by atoms with E-state index < -0.39 is 0 Å². The number of allylic oxidation sites excluding steroid dienone is 3. The number of carbonyl (C=O) groups excluding carboxylic acids is 2. The van der Waals surface area contributed by atoms with Gasteiger partial charge in [0.25, 0.3) is 11.8 Å². The van der Waals surface area contributed by atoms with Gasteiger partial charge < -0.3 is 9.80 Å². The number of nitrogens with zero attached hydrogens (tertiary/aromatic N) is 2. The van der Waals surface area contributed by atoms with E-state index in [1.165, 1.54) is 0 Å². The smallest absolute Gasteiger partial charge is 0.254 e. The normalized spacial score (nSPS) is 19.6. The highest BCUT2D eigenvalue weighted by Gasteiger charge is 2.30. The molecule has 4 nitrogen and oxygen atoms in total. The number of likely N-dealkylation sites (tertiary alicyclic amines) is 1. The van der Waals surface area contributed by atoms with Gasteiger partial charge in [0.1, 0.15) is 0 Å². The second kappa shape index (κ2) is 8.74. The van der Waals surface area contributed by atoms with E-state index in [4.69, 9.17) is 0 Å². The zero-order valence-electron chi connectivity index (χ0n) is 16.9. The molecular weight excluding hydrogens is 360 g/mol. The largest absolute Gasteiger partial charge is 0.330 e. The lowest BCUT2D eigenvalue weighted by Crippen LogP contribution is -2.27. The van der Waals surface area contributed by atoms with Gasteiger partial charge in [-0.05, 0) is 35.3 Å². The molecule has 2 heterocycles. The molecule has 1 aromatic carbocycles. The molecule has 0 bridgehead atoms. The Hall–Kier alpha value is -3.40. The van der Waals surface area contributed by atoms with Crippen molar-refractivity contribution in [3.05, 3.63) is 108 Å². The number of hydrogen-bond acceptors (Lipinski definition) is 2. The maximum atomic E-state index is 12.7. The fraction of sp³-hybridized carbons (Fsp3) is 0.200. The molecule has 2 aliphatic heterocycles. The predicted molar refractivity (Wildman–Crippen MR) is 117 cm³/mol. The van der Waals surface area contributed by atoms with Gasteiger partial charge >= 0.3 is 0 Å². The van der Waals surface area contributed by atoms with E-state index in [9.17, 15) is 9.59 Å². The van der Waals surface area contributed by atoms with Gasteiger partial charge in [0.2, 0.25) is 0 Å². The molecule has 2 amide bonds. The first-order chi connectivity index (χ1) is 14.0. The van der Waals surface area contributed by atoms with Gasteiger partial charge in [-0.25, -0.2) is 0 Å². The summed E-state index contributed by atoms with van der Waals surface area (Å²) in [5, 5.41) is 0. The molecule has 0 N–H and O–H groups in total. The number of amides is 2. The minimum Gasteiger partial charge on any atom is -0.330 e. The highest BCUT2D eigenvalue weighted by Crippen LogP contribution is 2.26. The Kier molecular flexibility index (Phi) is 6.13. The predicted octanol–water partition coefficient (Wildman–Crippen LogP) is 4.10. The molecule has 1 saturated heterocycles. The van der Waals surface area contributed by atoms with Crippen LogP contribution in [-0.2, 0) is 22.7 Å². The molecule has 29 heavy (non-hydrogen) atoms. The van der Waals surface area contributed by atoms with Crippen LogP contribution in [0.25, 0.3) is 0 Å². The SMILES string of the molecule is C=C/C=C1/C(=O)N(Cc2cccc(CN3CC(C=C)=C(C=C)C3=O)c2)C/C1=C/C. The Morgan fingerprint density at radius 3 is 2.14 bits per heavy atom. The molecule has 0 unspecified atom stereocenters. The summed E-state index contributed by atoms with van der Waals surface area (Å²) in [6.45, 7) is 15.4. The van der Waals surface area contributed by atoms with Crippen LogP contribution in [-0.4, -0.2) is 34.7 Å². The summed E-state index contributed by atoms with van der Waals surface area (Å²) in [5.41, 5.74) is 5.33. The van der Waals surface area contributed by atoms with Crippen molar-refractivity contribution in [2.45, 2.75) is 20.0 Å². The number of rotatable bonds is 7. The van der Waals surface area contributed by atoms with E-state index in [-0.39, 0.29) is 11.8 Å². The molecular formula is C25H26N2O2. The second-order valence-corrected chi connectivity index (χ2v) is 7.12. The van der Waals surface area contributed by atoms with Gasteiger partial charge in [-0.1, -0.05) is 68.3 Å². The fourth-order valence-electron chi connectivity index (χ4n) is 3.80. The molecule has 0 radical (unpaired) electrons. The molecule has 2 aliphatic rings. The summed E-state index contributed by atoms with van der Waals surface area (Å²) in [4.78, 5) is 28.9. The van der Waals surface area contributed by atoms with Crippen LogP contribution in [0.1, 0.15) is 18.1 Å². The van der Waals surface area contributed by atoms with E-state index in [1.807, 2.05) is 36.1 Å². The van der Waals surface area contributed by atoms with Crippen molar-refractivity contribution in [2.75, 3.05) is 13.1 Å². The van der Waals surface area contributed by atoms with Crippen LogP contribution in [0.3, 0.4) is 0 Å². The fourth-order valence-corrected chi connectivity index (χ4v) is 3.80. The molecule has 1 aromatic rings. The summed E-state index contributed by atoms with van der Waals surface area (Å²) < 4.78 is 0. The second-order valence-electron chi connectivity index (χ2n) is 7.12. The maximum absolute atomic E-state index is 12.7. The first kappa shape index (κ1) is 20.3. The maximum Gasteiger partial charge on any atom is 0.254 e. The lowest BCUT2D eigenvalue weighted by atomic mass is 10.1. The molecule has 0 saturated carbocycles. The zero-order valence-corrected chi connectivity index (χ0v) is 16.9. The number of hydrogen-bond donors (Lipinski definition) is 0. The van der Waals surface area contributed by atoms with Crippen LogP contribution >= 0.6 is 0 Å². The molecule has 3 rings (SSSR count). The first-order valence-electron chi connectivity index (χ1n) is 9.65. The van der Waals surface area contributed by atoms with Crippen molar-refractivity contribution >= 4 is 11.8 Å². The molecule has 0 atom stereocenters. The van der Waals surface area contributed by atoms with E-state index in [1.54, 1.807) is 29.2 Å². The van der Waals surface area contributed by atoms with Crippen molar-refractivity contribution in [3.8, 4) is 0 Å². The van der Waals surface area contributed by atoms with Crippen molar-refractivity contribution in [3.63, 3.8) is 0 Å². The Morgan fingerprint density at radius 2 is 1.62 bits per heavy atom. The highest BCUT2D eigenvalue weighted by atomic mass is 16.2. The average molecular weight is 386 g/mol. The van der Waals surface area contributed by atoms with E-state index in [0.717, 1.165) is 22.3 Å². The highest BCUT2D eigenvalue weighted by molar-refractivity contribution is 6.01. The lowest BCUT2D eigenvalue weighted by Gasteiger charge is -2.19. The molecule has 0 aliphatic carbocycles. The first-order valence-corrected chi connectivity index (χ1v) is 9.65. The van der Waals surface area contributed by atoms with Crippen molar-refractivity contribution < 1.29 is 9.59 Å². The third-order valence-corrected chi connectivity index (χ3v) is 5.27. The lowest BCUT2D eigenvalue weighted by molar-refractivity contribution is -0.126. The van der Waals surface area contributed by atoms with Gasteiger partial charge in [-0.2, -0.15) is 0 Å². The molecule has 1 fully saturated rings. The topological polar surface area (TPSA) is 40.6 Å². The Morgan fingerprint density at radius 1 is 0.966 bits per heavy atom. The third kappa shape index (κ3) is 4.06. The quantitative estimate of drug-likeness (QED) is 0.662. The standard InChI is InChI=1S/C25H26N2O2/c1-5-10-23-21(7-3)17-27(25(23)29)15-19-12-9-11-18(13-19)14-26-16-20(6-2)22(8-4)24(26)28/h5-13H,1-2,4,14-17H2,3H3/b21-7-,23-10+. The Labute approximate surface area is 172 Å². The Bertz CT molecular complexity index is 978. The van der Waals surface area contributed by atoms with Crippen LogP contribution in [0.5, 0.6) is 0 Å². The van der Waals surface area contributed by atoms with E-state index in [0.29, 0.717) is 37.3 Å². The summed E-state index contributed by atoms with van der Waals surface area (Å²) >= 11 is 0. The van der Waals surface area contributed by atoms with Gasteiger partial charge in [0.15, 0.2) is 0 Å². The molecule has 0 aromatic heterocycles. The van der Waals surface area contributed by atoms with E-state index >= 15 is 0 Å². The minimum absolute atomic E-state index is 0.0213. The summed E-state index contributed by atoms with van der Waals surface area (Å²) in [6, 6.07) is 8.04. The average Bonchev–Trinajstić information content (AvgIpc) is 3.19. The van der Waals surface area contributed by atoms with Crippen molar-refractivity contribution in [1.82, 2.24) is 9.80 Å². The third-order valence-electron chi connectivity index (χ3n) is 5.27. The van der Waals surface area contributed by atoms with Crippen LogP contribution in [0, 0.1) is 0 Å². The van der Waals surface area contributed by atoms with Gasteiger partial charge in [0.05, 0.1) is 0 Å². The monoisotopic (exact) mass is 386 g/mol. The zero-order chi connectivity index (χ0) is 21.0. The van der Waals surface area contributed by atoms with E-state index in [2.05, 4.69) is 25.8 Å². The van der Waals surface area contributed by atoms with Crippen molar-refractivity contribution in [1.29, 1.82) is 0 Å². The van der Waals surface area contributed by atoms with Gasteiger partial charge in [-0.3, -0.25) is 9.59 Å². The molecule has 0 spiro atoms. The van der Waals surface area contributed by atoms with Crippen LogP contribution in [0.15, 0.2) is 96.7 Å². The van der Waals surface area contributed by atoms with Crippen LogP contribution in [0.2, 0.25) is 0 Å². The van der Waals surface area contributed by atoms with Crippen LogP contribution in [0.4, 0.5) is 0 Å². The summed E-state index contributed by atoms with van der Waals surface area (Å²) in [7, 11) is 0. The number of benzene rings is 1. The van der Waals surface area contributed by atoms with Gasteiger partial charge in [-0.15, -0.1) is 0 Å². The van der Waals surface area contributed by atoms with Crippen molar-refractivity contribution in [2.24, 2.45) is 0 Å². The minimum atomic E-state index is -0.0213. The number of carbonyl (C=O) groups is 2. The van der Waals surface area contributed by atoms with Crippen LogP contribution < -0.4 is 0 Å². The Balaban J connectivity index is 1.73. The summed E-state index contributed by atoms with van der Waals surface area (Å²) in [6.07, 6.45) is 8.72.